The molecular weight excluding hydrogens is 260 g/mol. The van der Waals surface area contributed by atoms with E-state index in [9.17, 15) is 4.79 Å². The van der Waals surface area contributed by atoms with Crippen molar-refractivity contribution >= 4 is 5.91 Å². The summed E-state index contributed by atoms with van der Waals surface area (Å²) in [5.74, 6) is 0.0505. The van der Waals surface area contributed by atoms with Crippen molar-refractivity contribution in [3.8, 4) is 0 Å². The van der Waals surface area contributed by atoms with Gasteiger partial charge in [0.1, 0.15) is 0 Å². The highest BCUT2D eigenvalue weighted by molar-refractivity contribution is 5.85. The third-order valence-corrected chi connectivity index (χ3v) is 4.41. The summed E-state index contributed by atoms with van der Waals surface area (Å²) in [6, 6.07) is 6.72. The van der Waals surface area contributed by atoms with Crippen molar-refractivity contribution in [1.29, 1.82) is 0 Å². The predicted octanol–water partition coefficient (Wildman–Crippen LogP) is 3.13. The summed E-state index contributed by atoms with van der Waals surface area (Å²) in [5, 5.41) is 6.34. The molecule has 1 aliphatic rings. The second-order valence-corrected chi connectivity index (χ2v) is 6.59. The Balaban J connectivity index is 2.06. The SMILES string of the molecule is CCNC(C)(C)C(=O)NC(C)c1ccc2c(c1)CCCC2. The van der Waals surface area contributed by atoms with Crippen LogP contribution in [0.15, 0.2) is 18.2 Å². The Kier molecular flexibility index (Phi) is 5.04. The molecule has 1 amide bonds. The fourth-order valence-corrected chi connectivity index (χ4v) is 3.01. The van der Waals surface area contributed by atoms with Gasteiger partial charge in [-0.25, -0.2) is 0 Å². The zero-order valence-electron chi connectivity index (χ0n) is 13.8. The van der Waals surface area contributed by atoms with E-state index in [1.807, 2.05) is 20.8 Å². The molecule has 116 valence electrons. The van der Waals surface area contributed by atoms with Crippen LogP contribution in [0.25, 0.3) is 0 Å². The van der Waals surface area contributed by atoms with Gasteiger partial charge in [-0.05, 0) is 69.7 Å². The Morgan fingerprint density at radius 3 is 2.57 bits per heavy atom. The number of carbonyl (C=O) groups is 1. The molecule has 0 bridgehead atoms. The summed E-state index contributed by atoms with van der Waals surface area (Å²) in [6.07, 6.45) is 4.96. The molecular formula is C18H28N2O. The van der Waals surface area contributed by atoms with Crippen molar-refractivity contribution < 1.29 is 4.79 Å². The van der Waals surface area contributed by atoms with Crippen LogP contribution in [0.3, 0.4) is 0 Å². The number of carbonyl (C=O) groups excluding carboxylic acids is 1. The fourth-order valence-electron chi connectivity index (χ4n) is 3.01. The normalized spacial score (nSPS) is 16.2. The molecule has 0 fully saturated rings. The summed E-state index contributed by atoms with van der Waals surface area (Å²) in [7, 11) is 0. The van der Waals surface area contributed by atoms with Crippen molar-refractivity contribution in [3.05, 3.63) is 34.9 Å². The van der Waals surface area contributed by atoms with Crippen LogP contribution < -0.4 is 10.6 Å². The van der Waals surface area contributed by atoms with Gasteiger partial charge in [-0.15, -0.1) is 0 Å². The number of amides is 1. The van der Waals surface area contributed by atoms with Crippen LogP contribution in [0.1, 0.15) is 63.3 Å². The van der Waals surface area contributed by atoms with Crippen LogP contribution >= 0.6 is 0 Å². The third-order valence-electron chi connectivity index (χ3n) is 4.41. The first kappa shape index (κ1) is 16.0. The second kappa shape index (κ2) is 6.61. The molecule has 0 saturated heterocycles. The molecule has 2 N–H and O–H groups in total. The third kappa shape index (κ3) is 3.85. The van der Waals surface area contributed by atoms with Gasteiger partial charge < -0.3 is 10.6 Å². The lowest BCUT2D eigenvalue weighted by Crippen LogP contribution is -2.52. The molecule has 0 aromatic heterocycles. The van der Waals surface area contributed by atoms with Gasteiger partial charge in [0.05, 0.1) is 11.6 Å². The molecule has 1 atom stereocenters. The number of rotatable bonds is 5. The van der Waals surface area contributed by atoms with Crippen LogP contribution in [0, 0.1) is 0 Å². The van der Waals surface area contributed by atoms with Crippen molar-refractivity contribution in [2.75, 3.05) is 6.54 Å². The molecule has 0 radical (unpaired) electrons. The van der Waals surface area contributed by atoms with E-state index in [0.29, 0.717) is 0 Å². The van der Waals surface area contributed by atoms with E-state index < -0.39 is 5.54 Å². The highest BCUT2D eigenvalue weighted by Crippen LogP contribution is 2.25. The summed E-state index contributed by atoms with van der Waals surface area (Å²) in [5.41, 5.74) is 3.62. The van der Waals surface area contributed by atoms with Crippen LogP contribution in [0.4, 0.5) is 0 Å². The highest BCUT2D eigenvalue weighted by atomic mass is 16.2. The minimum absolute atomic E-state index is 0.0441. The summed E-state index contributed by atoms with van der Waals surface area (Å²) < 4.78 is 0. The monoisotopic (exact) mass is 288 g/mol. The van der Waals surface area contributed by atoms with Gasteiger partial charge in [-0.1, -0.05) is 25.1 Å². The molecule has 1 aromatic rings. The quantitative estimate of drug-likeness (QED) is 0.874. The average molecular weight is 288 g/mol. The van der Waals surface area contributed by atoms with Crippen molar-refractivity contribution in [3.63, 3.8) is 0 Å². The molecule has 3 heteroatoms. The molecule has 0 aliphatic heterocycles. The molecule has 21 heavy (non-hydrogen) atoms. The van der Waals surface area contributed by atoms with E-state index in [4.69, 9.17) is 0 Å². The Labute approximate surface area is 128 Å². The van der Waals surface area contributed by atoms with Gasteiger partial charge in [0, 0.05) is 0 Å². The number of nitrogens with one attached hydrogen (secondary N) is 2. The lowest BCUT2D eigenvalue weighted by molar-refractivity contribution is -0.127. The molecule has 0 spiro atoms. The molecule has 0 heterocycles. The lowest BCUT2D eigenvalue weighted by Gasteiger charge is -2.27. The molecule has 1 aliphatic carbocycles. The zero-order valence-corrected chi connectivity index (χ0v) is 13.8. The van der Waals surface area contributed by atoms with Gasteiger partial charge in [0.25, 0.3) is 0 Å². The Bertz CT molecular complexity index is 508. The molecule has 2 rings (SSSR count). The van der Waals surface area contributed by atoms with Gasteiger partial charge in [0.2, 0.25) is 5.91 Å². The molecule has 3 nitrogen and oxygen atoms in total. The topological polar surface area (TPSA) is 41.1 Å². The first-order chi connectivity index (χ1) is 9.94. The number of aryl methyl sites for hydroxylation is 2. The van der Waals surface area contributed by atoms with Gasteiger partial charge in [0.15, 0.2) is 0 Å². The maximum atomic E-state index is 12.4. The number of fused-ring (bicyclic) bond motifs is 1. The van der Waals surface area contributed by atoms with E-state index in [1.54, 1.807) is 0 Å². The Morgan fingerprint density at radius 1 is 1.24 bits per heavy atom. The average Bonchev–Trinajstić information content (AvgIpc) is 2.46. The molecule has 0 saturated carbocycles. The summed E-state index contributed by atoms with van der Waals surface area (Å²) in [4.78, 5) is 12.4. The Morgan fingerprint density at radius 2 is 1.90 bits per heavy atom. The first-order valence-corrected chi connectivity index (χ1v) is 8.11. The Hall–Kier alpha value is -1.35. The number of likely N-dealkylation sites (N-methyl/N-ethyl adjacent to an activating group) is 1. The predicted molar refractivity (Wildman–Crippen MR) is 87.4 cm³/mol. The lowest BCUT2D eigenvalue weighted by atomic mass is 9.89. The molecule has 1 aromatic carbocycles. The van der Waals surface area contributed by atoms with Crippen LogP contribution in [0.2, 0.25) is 0 Å². The summed E-state index contributed by atoms with van der Waals surface area (Å²) in [6.45, 7) is 8.71. The van der Waals surface area contributed by atoms with Crippen molar-refractivity contribution in [2.45, 2.75) is 65.0 Å². The number of benzene rings is 1. The van der Waals surface area contributed by atoms with E-state index in [-0.39, 0.29) is 11.9 Å². The van der Waals surface area contributed by atoms with Crippen LogP contribution in [0.5, 0.6) is 0 Å². The van der Waals surface area contributed by atoms with Gasteiger partial charge >= 0.3 is 0 Å². The maximum absolute atomic E-state index is 12.4. The summed E-state index contributed by atoms with van der Waals surface area (Å²) >= 11 is 0. The molecule has 1 unspecified atom stereocenters. The zero-order chi connectivity index (χ0) is 15.5. The van der Waals surface area contributed by atoms with E-state index in [1.165, 1.54) is 42.4 Å². The highest BCUT2D eigenvalue weighted by Gasteiger charge is 2.27. The van der Waals surface area contributed by atoms with Crippen molar-refractivity contribution in [1.82, 2.24) is 10.6 Å². The van der Waals surface area contributed by atoms with Crippen LogP contribution in [-0.2, 0) is 17.6 Å². The maximum Gasteiger partial charge on any atom is 0.240 e. The van der Waals surface area contributed by atoms with E-state index in [2.05, 4.69) is 35.8 Å². The van der Waals surface area contributed by atoms with E-state index >= 15 is 0 Å². The van der Waals surface area contributed by atoms with Gasteiger partial charge in [-0.3, -0.25) is 4.79 Å². The second-order valence-electron chi connectivity index (χ2n) is 6.59. The largest absolute Gasteiger partial charge is 0.348 e. The number of hydrogen-bond acceptors (Lipinski definition) is 2. The van der Waals surface area contributed by atoms with Crippen LogP contribution in [-0.4, -0.2) is 18.0 Å². The van der Waals surface area contributed by atoms with Gasteiger partial charge in [-0.2, -0.15) is 0 Å². The first-order valence-electron chi connectivity index (χ1n) is 8.11. The smallest absolute Gasteiger partial charge is 0.240 e. The standard InChI is InChI=1S/C18H28N2O/c1-5-19-18(3,4)17(21)20-13(2)15-11-10-14-8-6-7-9-16(14)12-15/h10-13,19H,5-9H2,1-4H3,(H,20,21). The fraction of sp³-hybridized carbons (Fsp3) is 0.611. The van der Waals surface area contributed by atoms with E-state index in [0.717, 1.165) is 6.54 Å². The number of hydrogen-bond donors (Lipinski definition) is 2. The minimum atomic E-state index is -0.531. The minimum Gasteiger partial charge on any atom is -0.348 e. The van der Waals surface area contributed by atoms with Crippen molar-refractivity contribution in [2.24, 2.45) is 0 Å².